The molecule has 0 aliphatic rings. The summed E-state index contributed by atoms with van der Waals surface area (Å²) in [4.78, 5) is 11.0. The van der Waals surface area contributed by atoms with Gasteiger partial charge in [0.1, 0.15) is 0 Å². The van der Waals surface area contributed by atoms with Gasteiger partial charge in [-0.15, -0.1) is 0 Å². The topological polar surface area (TPSA) is 17.1 Å². The van der Waals surface area contributed by atoms with Crippen LogP contribution in [0.25, 0.3) is 0 Å². The van der Waals surface area contributed by atoms with Crippen molar-refractivity contribution in [1.82, 2.24) is 0 Å². The van der Waals surface area contributed by atoms with Crippen molar-refractivity contribution < 1.29 is 13.6 Å². The highest BCUT2D eigenvalue weighted by atomic mass is 19.3. The number of halogens is 2. The number of carbonyl (C=O) groups is 1. The summed E-state index contributed by atoms with van der Waals surface area (Å²) in [5, 5.41) is 0. The summed E-state index contributed by atoms with van der Waals surface area (Å²) in [6.45, 7) is 3.90. The lowest BCUT2D eigenvalue weighted by Gasteiger charge is -2.06. The van der Waals surface area contributed by atoms with Gasteiger partial charge in [-0.05, 0) is 17.5 Å². The number of Topliss-reactive ketones (excluding diaryl/α,β-unsaturated/α-hetero) is 1. The molecule has 3 heteroatoms. The van der Waals surface area contributed by atoms with Crippen molar-refractivity contribution in [3.8, 4) is 0 Å². The van der Waals surface area contributed by atoms with Gasteiger partial charge in [0.15, 0.2) is 0 Å². The van der Waals surface area contributed by atoms with Gasteiger partial charge in [0.2, 0.25) is 5.78 Å². The fourth-order valence-electron chi connectivity index (χ4n) is 1.18. The van der Waals surface area contributed by atoms with Crippen molar-refractivity contribution in [3.63, 3.8) is 0 Å². The lowest BCUT2D eigenvalue weighted by Crippen LogP contribution is -2.10. The Morgan fingerprint density at radius 3 is 2.43 bits per heavy atom. The number of alkyl halides is 2. The molecule has 0 unspecified atom stereocenters. The van der Waals surface area contributed by atoms with Gasteiger partial charge in [0.05, 0.1) is 0 Å². The third-order valence-corrected chi connectivity index (χ3v) is 2.04. The highest BCUT2D eigenvalue weighted by Crippen LogP contribution is 2.17. The van der Waals surface area contributed by atoms with Crippen LogP contribution in [0, 0.1) is 0 Å². The smallest absolute Gasteiger partial charge is 0.288 e. The van der Waals surface area contributed by atoms with Crippen molar-refractivity contribution in [2.75, 3.05) is 0 Å². The van der Waals surface area contributed by atoms with E-state index in [4.69, 9.17) is 0 Å². The second-order valence-corrected chi connectivity index (χ2v) is 3.45. The summed E-state index contributed by atoms with van der Waals surface area (Å²) in [6, 6.07) is 6.40. The summed E-state index contributed by atoms with van der Waals surface area (Å²) < 4.78 is 24.2. The maximum atomic E-state index is 12.1. The molecule has 0 aliphatic heterocycles. The molecule has 0 heterocycles. The molecule has 0 N–H and O–H groups in total. The quantitative estimate of drug-likeness (QED) is 0.681. The highest BCUT2D eigenvalue weighted by Gasteiger charge is 2.17. The van der Waals surface area contributed by atoms with E-state index in [1.807, 2.05) is 19.9 Å². The maximum Gasteiger partial charge on any atom is 0.300 e. The van der Waals surface area contributed by atoms with Gasteiger partial charge in [-0.3, -0.25) is 4.79 Å². The molecule has 0 bridgehead atoms. The van der Waals surface area contributed by atoms with E-state index in [2.05, 4.69) is 0 Å². The maximum absolute atomic E-state index is 12.1. The summed E-state index contributed by atoms with van der Waals surface area (Å²) >= 11 is 0. The van der Waals surface area contributed by atoms with Crippen molar-refractivity contribution in [3.05, 3.63) is 35.4 Å². The Kier molecular flexibility index (Phi) is 3.33. The SMILES string of the molecule is CC(C)c1cccc(C(=O)C(F)F)c1. The van der Waals surface area contributed by atoms with Gasteiger partial charge in [-0.25, -0.2) is 8.78 Å². The molecule has 0 saturated heterocycles. The zero-order valence-corrected chi connectivity index (χ0v) is 8.13. The number of hydrogen-bond donors (Lipinski definition) is 0. The second-order valence-electron chi connectivity index (χ2n) is 3.45. The standard InChI is InChI=1S/C11H12F2O/c1-7(2)8-4-3-5-9(6-8)10(14)11(12)13/h3-7,11H,1-2H3. The lowest BCUT2D eigenvalue weighted by atomic mass is 9.99. The molecule has 76 valence electrons. The first-order chi connectivity index (χ1) is 6.52. The Bertz CT molecular complexity index is 332. The number of ketones is 1. The van der Waals surface area contributed by atoms with Crippen LogP contribution in [0.4, 0.5) is 8.78 Å². The van der Waals surface area contributed by atoms with Crippen LogP contribution in [-0.2, 0) is 0 Å². The van der Waals surface area contributed by atoms with Crippen LogP contribution in [0.5, 0.6) is 0 Å². The molecule has 1 aromatic rings. The third-order valence-electron chi connectivity index (χ3n) is 2.04. The molecule has 1 rings (SSSR count). The van der Waals surface area contributed by atoms with Crippen LogP contribution in [0.2, 0.25) is 0 Å². The minimum absolute atomic E-state index is 0.0891. The Morgan fingerprint density at radius 1 is 1.29 bits per heavy atom. The molecule has 14 heavy (non-hydrogen) atoms. The van der Waals surface area contributed by atoms with Crippen LogP contribution >= 0.6 is 0 Å². The molecular formula is C11H12F2O. The molecule has 1 nitrogen and oxygen atoms in total. The van der Waals surface area contributed by atoms with E-state index in [9.17, 15) is 13.6 Å². The van der Waals surface area contributed by atoms with E-state index < -0.39 is 12.2 Å². The predicted molar refractivity (Wildman–Crippen MR) is 50.9 cm³/mol. The van der Waals surface area contributed by atoms with E-state index in [0.717, 1.165) is 5.56 Å². The number of rotatable bonds is 3. The van der Waals surface area contributed by atoms with Crippen LogP contribution in [0.1, 0.15) is 35.7 Å². The minimum atomic E-state index is -2.92. The first-order valence-electron chi connectivity index (χ1n) is 4.44. The third kappa shape index (κ3) is 2.37. The van der Waals surface area contributed by atoms with Crippen LogP contribution in [-0.4, -0.2) is 12.2 Å². The fourth-order valence-corrected chi connectivity index (χ4v) is 1.18. The Hall–Kier alpha value is -1.25. The van der Waals surface area contributed by atoms with Gasteiger partial charge in [-0.1, -0.05) is 32.0 Å². The average Bonchev–Trinajstić information content (AvgIpc) is 2.16. The highest BCUT2D eigenvalue weighted by molar-refractivity contribution is 5.98. The minimum Gasteiger partial charge on any atom is -0.288 e. The predicted octanol–water partition coefficient (Wildman–Crippen LogP) is 3.26. The number of carbonyl (C=O) groups excluding carboxylic acids is 1. The second kappa shape index (κ2) is 4.31. The van der Waals surface area contributed by atoms with E-state index in [1.54, 1.807) is 6.07 Å². The van der Waals surface area contributed by atoms with Gasteiger partial charge < -0.3 is 0 Å². The van der Waals surface area contributed by atoms with Gasteiger partial charge in [0, 0.05) is 5.56 Å². The molecule has 0 aliphatic carbocycles. The summed E-state index contributed by atoms with van der Waals surface area (Å²) in [5.41, 5.74) is 0.989. The molecule has 0 spiro atoms. The van der Waals surface area contributed by atoms with Crippen molar-refractivity contribution >= 4 is 5.78 Å². The molecule has 0 saturated carbocycles. The Morgan fingerprint density at radius 2 is 1.93 bits per heavy atom. The zero-order chi connectivity index (χ0) is 10.7. The fraction of sp³-hybridized carbons (Fsp3) is 0.364. The van der Waals surface area contributed by atoms with Gasteiger partial charge >= 0.3 is 6.43 Å². The molecule has 0 aromatic heterocycles. The monoisotopic (exact) mass is 198 g/mol. The van der Waals surface area contributed by atoms with Gasteiger partial charge in [-0.2, -0.15) is 0 Å². The van der Waals surface area contributed by atoms with E-state index in [-0.39, 0.29) is 11.5 Å². The first-order valence-corrected chi connectivity index (χ1v) is 4.44. The van der Waals surface area contributed by atoms with Crippen molar-refractivity contribution in [2.24, 2.45) is 0 Å². The largest absolute Gasteiger partial charge is 0.300 e. The molecule has 0 fully saturated rings. The van der Waals surface area contributed by atoms with E-state index >= 15 is 0 Å². The summed E-state index contributed by atoms with van der Waals surface area (Å²) in [7, 11) is 0. The first kappa shape index (κ1) is 10.8. The molecule has 0 amide bonds. The van der Waals surface area contributed by atoms with Gasteiger partial charge in [0.25, 0.3) is 0 Å². The van der Waals surface area contributed by atoms with E-state index in [0.29, 0.717) is 0 Å². The molecular weight excluding hydrogens is 186 g/mol. The van der Waals surface area contributed by atoms with Crippen molar-refractivity contribution in [1.29, 1.82) is 0 Å². The average molecular weight is 198 g/mol. The molecule has 0 atom stereocenters. The lowest BCUT2D eigenvalue weighted by molar-refractivity contribution is 0.0678. The Labute approximate surface area is 81.7 Å². The van der Waals surface area contributed by atoms with Crippen LogP contribution in [0.15, 0.2) is 24.3 Å². The summed E-state index contributed by atoms with van der Waals surface area (Å²) in [5.74, 6) is -0.868. The Balaban J connectivity index is 3.00. The van der Waals surface area contributed by atoms with Crippen LogP contribution < -0.4 is 0 Å². The summed E-state index contributed by atoms with van der Waals surface area (Å²) in [6.07, 6.45) is -2.92. The molecule has 1 aromatic carbocycles. The number of hydrogen-bond acceptors (Lipinski definition) is 1. The normalized spacial score (nSPS) is 11.0. The van der Waals surface area contributed by atoms with Crippen LogP contribution in [0.3, 0.4) is 0 Å². The van der Waals surface area contributed by atoms with Crippen molar-refractivity contribution in [2.45, 2.75) is 26.2 Å². The number of benzene rings is 1. The zero-order valence-electron chi connectivity index (χ0n) is 8.13. The van der Waals surface area contributed by atoms with E-state index in [1.165, 1.54) is 12.1 Å². The molecule has 0 radical (unpaired) electrons.